The van der Waals surface area contributed by atoms with Gasteiger partial charge in [-0.2, -0.15) is 0 Å². The highest BCUT2D eigenvalue weighted by Gasteiger charge is 2.29. The number of rotatable bonds is 1. The highest BCUT2D eigenvalue weighted by atomic mass is 79.9. The molecule has 0 bridgehead atoms. The first-order valence-electron chi connectivity index (χ1n) is 4.21. The first-order chi connectivity index (χ1) is 6.61. The number of hydrogen-bond acceptors (Lipinski definition) is 3. The van der Waals surface area contributed by atoms with E-state index in [0.29, 0.717) is 23.1 Å². The molecule has 0 spiro atoms. The topological polar surface area (TPSA) is 50.3 Å². The summed E-state index contributed by atoms with van der Waals surface area (Å²) in [6.07, 6.45) is 3.88. The maximum absolute atomic E-state index is 11.6. The van der Waals surface area contributed by atoms with Crippen LogP contribution in [0, 0.1) is 0 Å². The monoisotopic (exact) mass is 276 g/mol. The second-order valence-corrected chi connectivity index (χ2v) is 5.94. The maximum atomic E-state index is 11.6. The Labute approximate surface area is 91.1 Å². The minimum atomic E-state index is -3.09. The summed E-state index contributed by atoms with van der Waals surface area (Å²) in [6.45, 7) is 0.560. The van der Waals surface area contributed by atoms with Crippen molar-refractivity contribution >= 4 is 31.6 Å². The lowest BCUT2D eigenvalue weighted by atomic mass is 10.4. The molecule has 1 aromatic rings. The fourth-order valence-corrected chi connectivity index (χ4v) is 3.64. The molecule has 4 nitrogen and oxygen atoms in total. The van der Waals surface area contributed by atoms with Crippen LogP contribution in [0.25, 0.3) is 0 Å². The van der Waals surface area contributed by atoms with Gasteiger partial charge in [-0.05, 0) is 28.4 Å². The highest BCUT2D eigenvalue weighted by molar-refractivity contribution is 9.10. The van der Waals surface area contributed by atoms with Crippen LogP contribution in [-0.2, 0) is 10.0 Å². The van der Waals surface area contributed by atoms with Gasteiger partial charge < -0.3 is 0 Å². The molecule has 6 heteroatoms. The van der Waals surface area contributed by atoms with Crippen molar-refractivity contribution in [2.45, 2.75) is 6.42 Å². The van der Waals surface area contributed by atoms with Crippen molar-refractivity contribution in [1.82, 2.24) is 4.98 Å². The van der Waals surface area contributed by atoms with Gasteiger partial charge >= 0.3 is 0 Å². The van der Waals surface area contributed by atoms with E-state index in [0.717, 1.165) is 0 Å². The Morgan fingerprint density at radius 3 is 2.86 bits per heavy atom. The molecule has 2 rings (SSSR count). The van der Waals surface area contributed by atoms with Gasteiger partial charge in [0.05, 0.1) is 15.9 Å². The van der Waals surface area contributed by atoms with Gasteiger partial charge in [0.15, 0.2) is 0 Å². The van der Waals surface area contributed by atoms with Gasteiger partial charge in [0.1, 0.15) is 0 Å². The van der Waals surface area contributed by atoms with Crippen LogP contribution in [0.4, 0.5) is 5.69 Å². The predicted octanol–water partition coefficient (Wildman–Crippen LogP) is 1.38. The van der Waals surface area contributed by atoms with E-state index in [-0.39, 0.29) is 5.75 Å². The molecule has 1 aliphatic rings. The van der Waals surface area contributed by atoms with Crippen LogP contribution in [0.2, 0.25) is 0 Å². The summed E-state index contributed by atoms with van der Waals surface area (Å²) in [5, 5.41) is 0. The quantitative estimate of drug-likeness (QED) is 0.779. The second kappa shape index (κ2) is 3.51. The van der Waals surface area contributed by atoms with E-state index in [1.54, 1.807) is 18.5 Å². The van der Waals surface area contributed by atoms with Crippen molar-refractivity contribution in [1.29, 1.82) is 0 Å². The van der Waals surface area contributed by atoms with Crippen LogP contribution in [-0.4, -0.2) is 25.7 Å². The normalized spacial score (nSPS) is 19.9. The molecule has 0 aromatic carbocycles. The fraction of sp³-hybridized carbons (Fsp3) is 0.375. The number of pyridine rings is 1. The van der Waals surface area contributed by atoms with Gasteiger partial charge in [0.25, 0.3) is 0 Å². The molecule has 14 heavy (non-hydrogen) atoms. The summed E-state index contributed by atoms with van der Waals surface area (Å²) >= 11 is 3.29. The number of hydrogen-bond donors (Lipinski definition) is 0. The SMILES string of the molecule is O=S1(=O)CCCN1c1ccncc1Br. The Morgan fingerprint density at radius 2 is 2.29 bits per heavy atom. The van der Waals surface area contributed by atoms with Gasteiger partial charge in [-0.1, -0.05) is 0 Å². The molecule has 0 amide bonds. The van der Waals surface area contributed by atoms with E-state index < -0.39 is 10.0 Å². The fourth-order valence-electron chi connectivity index (χ4n) is 1.48. The molecule has 1 aliphatic heterocycles. The highest BCUT2D eigenvalue weighted by Crippen LogP contribution is 2.30. The van der Waals surface area contributed by atoms with E-state index >= 15 is 0 Å². The van der Waals surface area contributed by atoms with Gasteiger partial charge in [0, 0.05) is 18.9 Å². The summed E-state index contributed by atoms with van der Waals surface area (Å²) in [7, 11) is -3.09. The zero-order chi connectivity index (χ0) is 10.2. The number of anilines is 1. The molecule has 0 aliphatic carbocycles. The molecule has 76 valence electrons. The van der Waals surface area contributed by atoms with Crippen molar-refractivity contribution in [3.8, 4) is 0 Å². The number of halogens is 1. The Morgan fingerprint density at radius 1 is 1.50 bits per heavy atom. The van der Waals surface area contributed by atoms with E-state index in [4.69, 9.17) is 0 Å². The van der Waals surface area contributed by atoms with Crippen molar-refractivity contribution < 1.29 is 8.42 Å². The Hall–Kier alpha value is -0.620. The third kappa shape index (κ3) is 1.64. The average molecular weight is 277 g/mol. The number of nitrogens with zero attached hydrogens (tertiary/aromatic N) is 2. The lowest BCUT2D eigenvalue weighted by Gasteiger charge is -2.17. The molecular formula is C8H9BrN2O2S. The third-order valence-corrected chi connectivity index (χ3v) is 4.59. The summed E-state index contributed by atoms with van der Waals surface area (Å²) in [5.41, 5.74) is 0.678. The van der Waals surface area contributed by atoms with Crippen molar-refractivity contribution in [2.24, 2.45) is 0 Å². The molecule has 0 radical (unpaired) electrons. The van der Waals surface area contributed by atoms with Gasteiger partial charge in [0.2, 0.25) is 10.0 Å². The van der Waals surface area contributed by atoms with Crippen LogP contribution in [0.3, 0.4) is 0 Å². The van der Waals surface area contributed by atoms with Crippen LogP contribution >= 0.6 is 15.9 Å². The Kier molecular flexibility index (Phi) is 2.48. The molecule has 1 fully saturated rings. The molecule has 1 saturated heterocycles. The summed E-state index contributed by atoms with van der Waals surface area (Å²) in [6, 6.07) is 1.70. The number of aromatic nitrogens is 1. The lowest BCUT2D eigenvalue weighted by Crippen LogP contribution is -2.25. The average Bonchev–Trinajstić information content (AvgIpc) is 2.46. The number of sulfonamides is 1. The van der Waals surface area contributed by atoms with Crippen LogP contribution < -0.4 is 4.31 Å². The Balaban J connectivity index is 2.46. The largest absolute Gasteiger partial charge is 0.269 e. The summed E-state index contributed by atoms with van der Waals surface area (Å²) in [4.78, 5) is 3.90. The zero-order valence-corrected chi connectivity index (χ0v) is 9.75. The van der Waals surface area contributed by atoms with Crippen molar-refractivity contribution in [2.75, 3.05) is 16.6 Å². The molecule has 0 saturated carbocycles. The standard InChI is InChI=1S/C8H9BrN2O2S/c9-7-6-10-3-2-8(7)11-4-1-5-14(11,12)13/h2-3,6H,1,4-5H2. The maximum Gasteiger partial charge on any atom is 0.235 e. The van der Waals surface area contributed by atoms with Crippen LogP contribution in [0.5, 0.6) is 0 Å². The third-order valence-electron chi connectivity index (χ3n) is 2.12. The first-order valence-corrected chi connectivity index (χ1v) is 6.61. The van der Waals surface area contributed by atoms with E-state index in [1.807, 2.05) is 0 Å². The predicted molar refractivity (Wildman–Crippen MR) is 57.7 cm³/mol. The summed E-state index contributed by atoms with van der Waals surface area (Å²) < 4.78 is 25.3. The van der Waals surface area contributed by atoms with E-state index in [2.05, 4.69) is 20.9 Å². The molecule has 0 N–H and O–H groups in total. The lowest BCUT2D eigenvalue weighted by molar-refractivity contribution is 0.599. The van der Waals surface area contributed by atoms with Gasteiger partial charge in [-0.25, -0.2) is 8.42 Å². The van der Waals surface area contributed by atoms with E-state index in [9.17, 15) is 8.42 Å². The summed E-state index contributed by atoms with van der Waals surface area (Å²) in [5.74, 6) is 0.238. The molecular weight excluding hydrogens is 268 g/mol. The van der Waals surface area contributed by atoms with Crippen molar-refractivity contribution in [3.05, 3.63) is 22.9 Å². The molecule has 0 atom stereocenters. The second-order valence-electron chi connectivity index (χ2n) is 3.07. The molecule has 0 unspecified atom stereocenters. The van der Waals surface area contributed by atoms with E-state index in [1.165, 1.54) is 4.31 Å². The zero-order valence-electron chi connectivity index (χ0n) is 7.35. The van der Waals surface area contributed by atoms with Gasteiger partial charge in [-0.15, -0.1) is 0 Å². The van der Waals surface area contributed by atoms with Crippen LogP contribution in [0.1, 0.15) is 6.42 Å². The van der Waals surface area contributed by atoms with Crippen LogP contribution in [0.15, 0.2) is 22.9 Å². The molecule has 2 heterocycles. The minimum Gasteiger partial charge on any atom is -0.269 e. The first kappa shape index (κ1) is 9.92. The Bertz CT molecular complexity index is 446. The smallest absolute Gasteiger partial charge is 0.235 e. The van der Waals surface area contributed by atoms with Crippen molar-refractivity contribution in [3.63, 3.8) is 0 Å². The molecule has 1 aromatic heterocycles. The minimum absolute atomic E-state index is 0.238. The van der Waals surface area contributed by atoms with Gasteiger partial charge in [-0.3, -0.25) is 9.29 Å².